The summed E-state index contributed by atoms with van der Waals surface area (Å²) in [5, 5.41) is 3.32. The average Bonchev–Trinajstić information content (AvgIpc) is 2.30. The molecule has 0 aromatic heterocycles. The number of halogens is 1. The summed E-state index contributed by atoms with van der Waals surface area (Å²) in [5.41, 5.74) is 2.86. The van der Waals surface area contributed by atoms with Gasteiger partial charge in [-0.25, -0.2) is 0 Å². The van der Waals surface area contributed by atoms with E-state index in [1.807, 2.05) is 0 Å². The summed E-state index contributed by atoms with van der Waals surface area (Å²) in [5.74, 6) is 0.792. The van der Waals surface area contributed by atoms with Gasteiger partial charge in [-0.1, -0.05) is 6.07 Å². The fourth-order valence-electron chi connectivity index (χ4n) is 3.27. The van der Waals surface area contributed by atoms with Gasteiger partial charge in [0.1, 0.15) is 0 Å². The number of hydrogen-bond acceptors (Lipinski definition) is 2. The Kier molecular flexibility index (Phi) is 4.57. The van der Waals surface area contributed by atoms with Gasteiger partial charge in [0.2, 0.25) is 0 Å². The summed E-state index contributed by atoms with van der Waals surface area (Å²) >= 11 is 3.73. The van der Waals surface area contributed by atoms with Crippen LogP contribution in [0.15, 0.2) is 22.7 Å². The largest absolute Gasteiger partial charge is 0.365 e. The lowest BCUT2D eigenvalue weighted by Crippen LogP contribution is -2.51. The highest BCUT2D eigenvalue weighted by Crippen LogP contribution is 2.38. The monoisotopic (exact) mass is 324 g/mol. The van der Waals surface area contributed by atoms with E-state index in [0.717, 1.165) is 19.0 Å². The molecule has 0 bridgehead atoms. The predicted octanol–water partition coefficient (Wildman–Crippen LogP) is 3.97. The molecule has 106 valence electrons. The van der Waals surface area contributed by atoms with E-state index in [4.69, 9.17) is 0 Å². The molecule has 1 saturated heterocycles. The van der Waals surface area contributed by atoms with E-state index in [1.54, 1.807) is 0 Å². The molecule has 1 aromatic carbocycles. The Bertz CT molecular complexity index is 442. The van der Waals surface area contributed by atoms with Gasteiger partial charge in [0.15, 0.2) is 0 Å². The van der Waals surface area contributed by atoms with Crippen molar-refractivity contribution in [3.63, 3.8) is 0 Å². The lowest BCUT2D eigenvalue weighted by molar-refractivity contribution is 0.270. The van der Waals surface area contributed by atoms with Crippen LogP contribution in [-0.2, 0) is 0 Å². The smallest absolute Gasteiger partial charge is 0.0515 e. The van der Waals surface area contributed by atoms with Crippen LogP contribution in [0.25, 0.3) is 0 Å². The van der Waals surface area contributed by atoms with Gasteiger partial charge < -0.3 is 10.2 Å². The van der Waals surface area contributed by atoms with Crippen LogP contribution < -0.4 is 10.2 Å². The topological polar surface area (TPSA) is 15.3 Å². The molecule has 2 rings (SSSR count). The Hall–Kier alpha value is -0.540. The molecular weight excluding hydrogens is 300 g/mol. The minimum atomic E-state index is 0.220. The molecule has 1 fully saturated rings. The molecule has 3 heteroatoms. The van der Waals surface area contributed by atoms with Crippen LogP contribution >= 0.6 is 15.9 Å². The first-order valence-corrected chi connectivity index (χ1v) is 7.92. The average molecular weight is 325 g/mol. The van der Waals surface area contributed by atoms with Crippen molar-refractivity contribution in [1.29, 1.82) is 0 Å². The standard InChI is InChI=1S/C16H25BrN2/c1-12-5-6-15(14(17)9-12)19-8-7-13(11-18-4)10-16(19,2)3/h5-6,9,13,18H,7-8,10-11H2,1-4H3. The number of piperidine rings is 1. The van der Waals surface area contributed by atoms with Crippen molar-refractivity contribution in [2.45, 2.75) is 39.2 Å². The third-order valence-corrected chi connectivity index (χ3v) is 4.80. The molecule has 0 spiro atoms. The van der Waals surface area contributed by atoms with Gasteiger partial charge in [0, 0.05) is 16.6 Å². The molecule has 19 heavy (non-hydrogen) atoms. The lowest BCUT2D eigenvalue weighted by Gasteiger charge is -2.47. The Morgan fingerprint density at radius 1 is 1.42 bits per heavy atom. The molecule has 1 N–H and O–H groups in total. The van der Waals surface area contributed by atoms with Crippen LogP contribution in [0.5, 0.6) is 0 Å². The van der Waals surface area contributed by atoms with Crippen molar-refractivity contribution >= 4 is 21.6 Å². The molecule has 1 aliphatic heterocycles. The van der Waals surface area contributed by atoms with E-state index < -0.39 is 0 Å². The van der Waals surface area contributed by atoms with Crippen molar-refractivity contribution in [3.8, 4) is 0 Å². The minimum absolute atomic E-state index is 0.220. The summed E-state index contributed by atoms with van der Waals surface area (Å²) in [6.07, 6.45) is 2.51. The van der Waals surface area contributed by atoms with Crippen LogP contribution in [0.1, 0.15) is 32.3 Å². The number of aryl methyl sites for hydroxylation is 1. The third kappa shape index (κ3) is 3.32. The summed E-state index contributed by atoms with van der Waals surface area (Å²) in [6, 6.07) is 6.67. The molecule has 1 aliphatic rings. The van der Waals surface area contributed by atoms with Crippen LogP contribution in [0, 0.1) is 12.8 Å². The molecular formula is C16H25BrN2. The molecule has 0 amide bonds. The first-order chi connectivity index (χ1) is 8.94. The van der Waals surface area contributed by atoms with Crippen molar-refractivity contribution in [3.05, 3.63) is 28.2 Å². The maximum atomic E-state index is 3.73. The Balaban J connectivity index is 2.21. The van der Waals surface area contributed by atoms with E-state index in [1.165, 1.54) is 28.6 Å². The molecule has 1 heterocycles. The van der Waals surface area contributed by atoms with Gasteiger partial charge in [-0.2, -0.15) is 0 Å². The first-order valence-electron chi connectivity index (χ1n) is 7.12. The third-order valence-electron chi connectivity index (χ3n) is 4.17. The van der Waals surface area contributed by atoms with Gasteiger partial charge in [-0.3, -0.25) is 0 Å². The second-order valence-corrected chi connectivity index (χ2v) is 7.19. The number of nitrogens with one attached hydrogen (secondary N) is 1. The Morgan fingerprint density at radius 3 is 2.74 bits per heavy atom. The van der Waals surface area contributed by atoms with E-state index in [2.05, 4.69) is 72.2 Å². The molecule has 1 atom stereocenters. The molecule has 0 radical (unpaired) electrons. The minimum Gasteiger partial charge on any atom is -0.365 e. The van der Waals surface area contributed by atoms with Gasteiger partial charge in [-0.05, 0) is 86.7 Å². The van der Waals surface area contributed by atoms with E-state index in [-0.39, 0.29) is 5.54 Å². The zero-order chi connectivity index (χ0) is 14.0. The van der Waals surface area contributed by atoms with Crippen molar-refractivity contribution in [2.24, 2.45) is 5.92 Å². The Labute approximate surface area is 125 Å². The summed E-state index contributed by atoms with van der Waals surface area (Å²) in [6.45, 7) is 9.13. The predicted molar refractivity (Wildman–Crippen MR) is 87.0 cm³/mol. The SMILES string of the molecule is CNCC1CCN(c2ccc(C)cc2Br)C(C)(C)C1. The molecule has 0 aliphatic carbocycles. The highest BCUT2D eigenvalue weighted by atomic mass is 79.9. The molecule has 2 nitrogen and oxygen atoms in total. The molecule has 1 unspecified atom stereocenters. The van der Waals surface area contributed by atoms with Crippen LogP contribution in [0.2, 0.25) is 0 Å². The normalized spacial score (nSPS) is 22.6. The summed E-state index contributed by atoms with van der Waals surface area (Å²) < 4.78 is 1.22. The van der Waals surface area contributed by atoms with E-state index in [0.29, 0.717) is 0 Å². The van der Waals surface area contributed by atoms with Gasteiger partial charge in [0.25, 0.3) is 0 Å². The van der Waals surface area contributed by atoms with Crippen molar-refractivity contribution < 1.29 is 0 Å². The van der Waals surface area contributed by atoms with Crippen molar-refractivity contribution in [1.82, 2.24) is 5.32 Å². The molecule has 0 saturated carbocycles. The zero-order valence-electron chi connectivity index (χ0n) is 12.5. The second-order valence-electron chi connectivity index (χ2n) is 6.34. The number of hydrogen-bond donors (Lipinski definition) is 1. The number of nitrogens with zero attached hydrogens (tertiary/aromatic N) is 1. The maximum Gasteiger partial charge on any atom is 0.0515 e. The van der Waals surface area contributed by atoms with Crippen LogP contribution in [0.4, 0.5) is 5.69 Å². The Morgan fingerprint density at radius 2 is 2.16 bits per heavy atom. The fourth-order valence-corrected chi connectivity index (χ4v) is 3.98. The highest BCUT2D eigenvalue weighted by Gasteiger charge is 2.35. The zero-order valence-corrected chi connectivity index (χ0v) is 14.0. The number of benzene rings is 1. The van der Waals surface area contributed by atoms with E-state index >= 15 is 0 Å². The summed E-state index contributed by atoms with van der Waals surface area (Å²) in [7, 11) is 2.05. The molecule has 1 aromatic rings. The first kappa shape index (κ1) is 14.9. The van der Waals surface area contributed by atoms with Crippen LogP contribution in [-0.4, -0.2) is 25.7 Å². The fraction of sp³-hybridized carbons (Fsp3) is 0.625. The van der Waals surface area contributed by atoms with E-state index in [9.17, 15) is 0 Å². The van der Waals surface area contributed by atoms with Gasteiger partial charge in [-0.15, -0.1) is 0 Å². The number of anilines is 1. The van der Waals surface area contributed by atoms with Gasteiger partial charge >= 0.3 is 0 Å². The maximum absolute atomic E-state index is 3.73. The quantitative estimate of drug-likeness (QED) is 0.904. The highest BCUT2D eigenvalue weighted by molar-refractivity contribution is 9.10. The second kappa shape index (κ2) is 5.84. The van der Waals surface area contributed by atoms with Crippen molar-refractivity contribution in [2.75, 3.05) is 25.0 Å². The number of rotatable bonds is 3. The lowest BCUT2D eigenvalue weighted by atomic mass is 9.82. The van der Waals surface area contributed by atoms with Gasteiger partial charge in [0.05, 0.1) is 5.69 Å². The van der Waals surface area contributed by atoms with Crippen LogP contribution in [0.3, 0.4) is 0 Å². The summed E-state index contributed by atoms with van der Waals surface area (Å²) in [4.78, 5) is 2.56.